The first-order chi connectivity index (χ1) is 5.84. The second-order valence-corrected chi connectivity index (χ2v) is 5.76. The summed E-state index contributed by atoms with van der Waals surface area (Å²) in [5.41, 5.74) is 0.155. The highest BCUT2D eigenvalue weighted by atomic mass is 16.1. The van der Waals surface area contributed by atoms with Gasteiger partial charge in [0.2, 0.25) is 0 Å². The Morgan fingerprint density at radius 1 is 1.31 bits per heavy atom. The maximum Gasteiger partial charge on any atom is 0.136 e. The van der Waals surface area contributed by atoms with Gasteiger partial charge in [0.05, 0.1) is 0 Å². The summed E-state index contributed by atoms with van der Waals surface area (Å²) in [4.78, 5) is 11.7. The summed E-state index contributed by atoms with van der Waals surface area (Å²) in [6.07, 6.45) is 1.92. The second-order valence-electron chi connectivity index (χ2n) is 5.76. The van der Waals surface area contributed by atoms with E-state index in [2.05, 4.69) is 34.6 Å². The highest BCUT2D eigenvalue weighted by Crippen LogP contribution is 2.44. The number of carbonyl (C=O) groups is 1. The first-order valence-corrected chi connectivity index (χ1v) is 5.36. The molecule has 2 atom stereocenters. The van der Waals surface area contributed by atoms with Crippen LogP contribution in [0.3, 0.4) is 0 Å². The van der Waals surface area contributed by atoms with E-state index in [-0.39, 0.29) is 5.41 Å². The van der Waals surface area contributed by atoms with Crippen LogP contribution < -0.4 is 0 Å². The van der Waals surface area contributed by atoms with Gasteiger partial charge in [-0.15, -0.1) is 0 Å². The summed E-state index contributed by atoms with van der Waals surface area (Å²) >= 11 is 0. The molecule has 0 spiro atoms. The van der Waals surface area contributed by atoms with Gasteiger partial charge in [-0.3, -0.25) is 4.79 Å². The molecule has 0 aliphatic heterocycles. The van der Waals surface area contributed by atoms with E-state index >= 15 is 0 Å². The van der Waals surface area contributed by atoms with Gasteiger partial charge in [-0.05, 0) is 23.7 Å². The molecule has 0 bridgehead atoms. The van der Waals surface area contributed by atoms with Gasteiger partial charge in [0.1, 0.15) is 5.78 Å². The average molecular weight is 182 g/mol. The van der Waals surface area contributed by atoms with Crippen LogP contribution in [0.15, 0.2) is 0 Å². The fourth-order valence-corrected chi connectivity index (χ4v) is 2.71. The van der Waals surface area contributed by atoms with Gasteiger partial charge >= 0.3 is 0 Å². The standard InChI is InChI=1S/C12H22O/c1-8(2)9-6-7-10(13)11(9)12(3,4)5/h8-9,11H,6-7H2,1-5H3. The van der Waals surface area contributed by atoms with E-state index < -0.39 is 0 Å². The third kappa shape index (κ3) is 2.12. The molecule has 1 rings (SSSR count). The van der Waals surface area contributed by atoms with Crippen molar-refractivity contribution in [1.29, 1.82) is 0 Å². The van der Waals surface area contributed by atoms with Crippen LogP contribution >= 0.6 is 0 Å². The lowest BCUT2D eigenvalue weighted by Crippen LogP contribution is -2.31. The molecule has 0 saturated heterocycles. The Morgan fingerprint density at radius 3 is 2.15 bits per heavy atom. The second kappa shape index (κ2) is 3.43. The van der Waals surface area contributed by atoms with Crippen LogP contribution in [0.2, 0.25) is 0 Å². The normalized spacial score (nSPS) is 30.2. The molecule has 0 aromatic carbocycles. The average Bonchev–Trinajstić information content (AvgIpc) is 2.28. The predicted molar refractivity (Wildman–Crippen MR) is 55.5 cm³/mol. The van der Waals surface area contributed by atoms with E-state index in [4.69, 9.17) is 0 Å². The third-order valence-electron chi connectivity index (χ3n) is 3.29. The SMILES string of the molecule is CC(C)C1CCC(=O)C1C(C)(C)C. The minimum Gasteiger partial charge on any atom is -0.299 e. The van der Waals surface area contributed by atoms with Crippen molar-refractivity contribution < 1.29 is 4.79 Å². The van der Waals surface area contributed by atoms with Crippen molar-refractivity contribution in [3.63, 3.8) is 0 Å². The lowest BCUT2D eigenvalue weighted by Gasteiger charge is -2.33. The van der Waals surface area contributed by atoms with E-state index in [1.165, 1.54) is 0 Å². The number of rotatable bonds is 1. The molecular formula is C12H22O. The Balaban J connectivity index is 2.84. The topological polar surface area (TPSA) is 17.1 Å². The van der Waals surface area contributed by atoms with E-state index in [9.17, 15) is 4.79 Å². The van der Waals surface area contributed by atoms with E-state index in [0.29, 0.717) is 23.5 Å². The smallest absolute Gasteiger partial charge is 0.136 e. The van der Waals surface area contributed by atoms with Crippen LogP contribution in [0.4, 0.5) is 0 Å². The summed E-state index contributed by atoms with van der Waals surface area (Å²) in [5.74, 6) is 2.06. The molecule has 1 aliphatic rings. The summed E-state index contributed by atoms with van der Waals surface area (Å²) in [7, 11) is 0. The van der Waals surface area contributed by atoms with Crippen molar-refractivity contribution in [3.05, 3.63) is 0 Å². The highest BCUT2D eigenvalue weighted by Gasteiger charge is 2.42. The maximum absolute atomic E-state index is 11.7. The van der Waals surface area contributed by atoms with Crippen molar-refractivity contribution in [2.24, 2.45) is 23.2 Å². The lowest BCUT2D eigenvalue weighted by atomic mass is 9.71. The van der Waals surface area contributed by atoms with Crippen LogP contribution in [-0.4, -0.2) is 5.78 Å². The summed E-state index contributed by atoms with van der Waals surface area (Å²) in [6.45, 7) is 11.0. The monoisotopic (exact) mass is 182 g/mol. The molecule has 1 aliphatic carbocycles. The van der Waals surface area contributed by atoms with Gasteiger partial charge in [0.25, 0.3) is 0 Å². The predicted octanol–water partition coefficient (Wildman–Crippen LogP) is 3.28. The zero-order valence-corrected chi connectivity index (χ0v) is 9.55. The fourth-order valence-electron chi connectivity index (χ4n) is 2.71. The van der Waals surface area contributed by atoms with Crippen LogP contribution in [0.5, 0.6) is 0 Å². The molecule has 0 heterocycles. The third-order valence-corrected chi connectivity index (χ3v) is 3.29. The molecule has 1 fully saturated rings. The Labute approximate surface area is 81.9 Å². The Bertz CT molecular complexity index is 198. The molecule has 0 amide bonds. The van der Waals surface area contributed by atoms with Gasteiger partial charge in [-0.1, -0.05) is 34.6 Å². The molecule has 1 nitrogen and oxygen atoms in total. The molecule has 0 N–H and O–H groups in total. The minimum atomic E-state index is 0.155. The zero-order chi connectivity index (χ0) is 10.2. The first kappa shape index (κ1) is 10.7. The highest BCUT2D eigenvalue weighted by molar-refractivity contribution is 5.84. The summed E-state index contributed by atoms with van der Waals surface area (Å²) in [6, 6.07) is 0. The van der Waals surface area contributed by atoms with E-state index in [0.717, 1.165) is 12.8 Å². The number of Topliss-reactive ketones (excluding diaryl/α,β-unsaturated/α-hetero) is 1. The van der Waals surface area contributed by atoms with E-state index in [1.54, 1.807) is 0 Å². The summed E-state index contributed by atoms with van der Waals surface area (Å²) < 4.78 is 0. The van der Waals surface area contributed by atoms with Gasteiger partial charge < -0.3 is 0 Å². The van der Waals surface area contributed by atoms with Crippen LogP contribution in [-0.2, 0) is 4.79 Å². The van der Waals surface area contributed by atoms with Gasteiger partial charge in [-0.2, -0.15) is 0 Å². The van der Waals surface area contributed by atoms with Crippen molar-refractivity contribution in [1.82, 2.24) is 0 Å². The summed E-state index contributed by atoms with van der Waals surface area (Å²) in [5, 5.41) is 0. The molecular weight excluding hydrogens is 160 g/mol. The number of hydrogen-bond acceptors (Lipinski definition) is 1. The van der Waals surface area contributed by atoms with Gasteiger partial charge in [0, 0.05) is 12.3 Å². The largest absolute Gasteiger partial charge is 0.299 e. The molecule has 76 valence electrons. The number of hydrogen-bond donors (Lipinski definition) is 0. The maximum atomic E-state index is 11.7. The van der Waals surface area contributed by atoms with Crippen LogP contribution in [0, 0.1) is 23.2 Å². The molecule has 0 radical (unpaired) electrons. The minimum absolute atomic E-state index is 0.155. The molecule has 1 heteroatoms. The Kier molecular flexibility index (Phi) is 2.84. The van der Waals surface area contributed by atoms with E-state index in [1.807, 2.05) is 0 Å². The fraction of sp³-hybridized carbons (Fsp3) is 0.917. The van der Waals surface area contributed by atoms with Crippen molar-refractivity contribution >= 4 is 5.78 Å². The molecule has 2 unspecified atom stereocenters. The molecule has 0 aromatic rings. The van der Waals surface area contributed by atoms with Gasteiger partial charge in [-0.25, -0.2) is 0 Å². The van der Waals surface area contributed by atoms with Crippen LogP contribution in [0.1, 0.15) is 47.5 Å². The quantitative estimate of drug-likeness (QED) is 0.608. The Morgan fingerprint density at radius 2 is 1.85 bits per heavy atom. The lowest BCUT2D eigenvalue weighted by molar-refractivity contribution is -0.124. The number of ketones is 1. The number of carbonyl (C=O) groups excluding carboxylic acids is 1. The van der Waals surface area contributed by atoms with Crippen molar-refractivity contribution in [3.8, 4) is 0 Å². The van der Waals surface area contributed by atoms with Crippen molar-refractivity contribution in [2.75, 3.05) is 0 Å². The molecule has 0 aromatic heterocycles. The van der Waals surface area contributed by atoms with Gasteiger partial charge in [0.15, 0.2) is 0 Å². The first-order valence-electron chi connectivity index (χ1n) is 5.36. The molecule has 13 heavy (non-hydrogen) atoms. The molecule has 1 saturated carbocycles. The van der Waals surface area contributed by atoms with Crippen LogP contribution in [0.25, 0.3) is 0 Å². The Hall–Kier alpha value is -0.330. The van der Waals surface area contributed by atoms with Crippen molar-refractivity contribution in [2.45, 2.75) is 47.5 Å². The zero-order valence-electron chi connectivity index (χ0n) is 9.55.